The molecule has 0 N–H and O–H groups in total. The van der Waals surface area contributed by atoms with Crippen molar-refractivity contribution in [2.24, 2.45) is 0 Å². The Labute approximate surface area is 125 Å². The zero-order valence-corrected chi connectivity index (χ0v) is 12.9. The Kier molecular flexibility index (Phi) is 4.22. The van der Waals surface area contributed by atoms with Crippen LogP contribution in [0, 0.1) is 6.92 Å². The third-order valence-corrected chi connectivity index (χ3v) is 3.65. The van der Waals surface area contributed by atoms with E-state index in [4.69, 9.17) is 11.6 Å². The Morgan fingerprint density at radius 2 is 2.11 bits per heavy atom. The van der Waals surface area contributed by atoms with E-state index in [1.54, 1.807) is 31.4 Å². The molecule has 0 aliphatic rings. The van der Waals surface area contributed by atoms with Gasteiger partial charge in [-0.15, -0.1) is 0 Å². The van der Waals surface area contributed by atoms with E-state index in [9.17, 15) is 4.79 Å². The molecule has 0 saturated carbocycles. The van der Waals surface area contributed by atoms with Gasteiger partial charge in [-0.2, -0.15) is 0 Å². The third-order valence-electron chi connectivity index (χ3n) is 2.72. The average Bonchev–Trinajstić information content (AvgIpc) is 2.38. The molecule has 0 aliphatic heterocycles. The fourth-order valence-electron chi connectivity index (χ4n) is 1.69. The van der Waals surface area contributed by atoms with Gasteiger partial charge in [-0.25, -0.2) is 4.98 Å². The number of rotatable bonds is 2. The van der Waals surface area contributed by atoms with E-state index in [-0.39, 0.29) is 5.91 Å². The van der Waals surface area contributed by atoms with E-state index >= 15 is 0 Å². The molecule has 5 heteroatoms. The van der Waals surface area contributed by atoms with Crippen molar-refractivity contribution in [1.29, 1.82) is 0 Å². The predicted molar refractivity (Wildman–Crippen MR) is 80.9 cm³/mol. The first kappa shape index (κ1) is 14.0. The van der Waals surface area contributed by atoms with Gasteiger partial charge in [-0.1, -0.05) is 17.7 Å². The molecule has 1 aromatic carbocycles. The molecule has 0 bridgehead atoms. The fourth-order valence-corrected chi connectivity index (χ4v) is 2.53. The van der Waals surface area contributed by atoms with E-state index in [0.29, 0.717) is 16.4 Å². The van der Waals surface area contributed by atoms with Crippen molar-refractivity contribution in [2.75, 3.05) is 11.9 Å². The van der Waals surface area contributed by atoms with Crippen molar-refractivity contribution < 1.29 is 4.79 Å². The number of anilines is 1. The van der Waals surface area contributed by atoms with Gasteiger partial charge < -0.3 is 0 Å². The maximum absolute atomic E-state index is 12.4. The molecule has 3 nitrogen and oxygen atoms in total. The number of aryl methyl sites for hydroxylation is 1. The standard InChI is InChI=1S/C14H12BrClN2O/c1-9-5-6-10(12(16)8-9)14(19)18(2)13-11(15)4-3-7-17-13/h3-8H,1-2H3. The smallest absolute Gasteiger partial charge is 0.260 e. The molecule has 0 aliphatic carbocycles. The Balaban J connectivity index is 2.37. The molecule has 19 heavy (non-hydrogen) atoms. The second kappa shape index (κ2) is 5.72. The number of carbonyl (C=O) groups is 1. The van der Waals surface area contributed by atoms with Crippen LogP contribution in [0.25, 0.3) is 0 Å². The third kappa shape index (κ3) is 2.96. The molecule has 0 spiro atoms. The summed E-state index contributed by atoms with van der Waals surface area (Å²) in [6, 6.07) is 9.00. The summed E-state index contributed by atoms with van der Waals surface area (Å²) in [5.74, 6) is 0.369. The van der Waals surface area contributed by atoms with Crippen molar-refractivity contribution in [1.82, 2.24) is 4.98 Å². The Morgan fingerprint density at radius 3 is 2.74 bits per heavy atom. The van der Waals surface area contributed by atoms with Gasteiger partial charge in [-0.05, 0) is 52.7 Å². The molecule has 0 fully saturated rings. The minimum atomic E-state index is -0.190. The van der Waals surface area contributed by atoms with Crippen LogP contribution >= 0.6 is 27.5 Å². The zero-order chi connectivity index (χ0) is 14.0. The summed E-state index contributed by atoms with van der Waals surface area (Å²) in [7, 11) is 1.67. The van der Waals surface area contributed by atoms with E-state index in [2.05, 4.69) is 20.9 Å². The number of carbonyl (C=O) groups excluding carboxylic acids is 1. The topological polar surface area (TPSA) is 33.2 Å². The molecular formula is C14H12BrClN2O. The number of pyridine rings is 1. The molecule has 98 valence electrons. The molecule has 2 rings (SSSR count). The summed E-state index contributed by atoms with van der Waals surface area (Å²) in [6.45, 7) is 1.93. The average molecular weight is 340 g/mol. The highest BCUT2D eigenvalue weighted by molar-refractivity contribution is 9.10. The first-order valence-corrected chi connectivity index (χ1v) is 6.82. The second-order valence-corrected chi connectivity index (χ2v) is 5.42. The summed E-state index contributed by atoms with van der Waals surface area (Å²) in [4.78, 5) is 18.1. The largest absolute Gasteiger partial charge is 0.295 e. The second-order valence-electron chi connectivity index (χ2n) is 4.16. The zero-order valence-electron chi connectivity index (χ0n) is 10.5. The van der Waals surface area contributed by atoms with Crippen molar-refractivity contribution in [2.45, 2.75) is 6.92 Å². The number of hydrogen-bond donors (Lipinski definition) is 0. The Bertz CT molecular complexity index is 631. The highest BCUT2D eigenvalue weighted by Gasteiger charge is 2.18. The van der Waals surface area contributed by atoms with Gasteiger partial charge in [0.25, 0.3) is 5.91 Å². The van der Waals surface area contributed by atoms with Gasteiger partial charge in [0.1, 0.15) is 5.82 Å². The number of halogens is 2. The number of amides is 1. The van der Waals surface area contributed by atoms with Crippen molar-refractivity contribution in [3.05, 3.63) is 57.2 Å². The van der Waals surface area contributed by atoms with Crippen LogP contribution < -0.4 is 4.90 Å². The van der Waals surface area contributed by atoms with Crippen molar-refractivity contribution >= 4 is 39.3 Å². The number of nitrogens with zero attached hydrogens (tertiary/aromatic N) is 2. The fraction of sp³-hybridized carbons (Fsp3) is 0.143. The number of hydrogen-bond acceptors (Lipinski definition) is 2. The van der Waals surface area contributed by atoms with Gasteiger partial charge in [0.15, 0.2) is 0 Å². The quantitative estimate of drug-likeness (QED) is 0.826. The first-order chi connectivity index (χ1) is 9.00. The SMILES string of the molecule is Cc1ccc(C(=O)N(C)c2ncccc2Br)c(Cl)c1. The lowest BCUT2D eigenvalue weighted by atomic mass is 10.1. The summed E-state index contributed by atoms with van der Waals surface area (Å²) in [5, 5.41) is 0.448. The van der Waals surface area contributed by atoms with Gasteiger partial charge in [-0.3, -0.25) is 9.69 Å². The number of benzene rings is 1. The van der Waals surface area contributed by atoms with Crippen LogP contribution in [0.1, 0.15) is 15.9 Å². The van der Waals surface area contributed by atoms with Gasteiger partial charge >= 0.3 is 0 Å². The van der Waals surface area contributed by atoms with Crippen LogP contribution in [0.3, 0.4) is 0 Å². The molecule has 2 aromatic rings. The van der Waals surface area contributed by atoms with E-state index < -0.39 is 0 Å². The van der Waals surface area contributed by atoms with Gasteiger partial charge in [0.2, 0.25) is 0 Å². The van der Waals surface area contributed by atoms with Crippen LogP contribution in [0.15, 0.2) is 41.0 Å². The Hall–Kier alpha value is -1.39. The van der Waals surface area contributed by atoms with Gasteiger partial charge in [0, 0.05) is 13.2 Å². The highest BCUT2D eigenvalue weighted by Crippen LogP contribution is 2.25. The predicted octanol–water partition coefficient (Wildman–Crippen LogP) is 4.08. The van der Waals surface area contributed by atoms with Crippen LogP contribution in [0.2, 0.25) is 5.02 Å². The molecule has 0 radical (unpaired) electrons. The maximum Gasteiger partial charge on any atom is 0.260 e. The van der Waals surface area contributed by atoms with Crippen LogP contribution in [0.4, 0.5) is 5.82 Å². The monoisotopic (exact) mass is 338 g/mol. The molecular weight excluding hydrogens is 328 g/mol. The van der Waals surface area contributed by atoms with Crippen LogP contribution in [-0.2, 0) is 0 Å². The van der Waals surface area contributed by atoms with Crippen LogP contribution in [-0.4, -0.2) is 17.9 Å². The molecule has 1 aromatic heterocycles. The van der Waals surface area contributed by atoms with Gasteiger partial charge in [0.05, 0.1) is 15.1 Å². The maximum atomic E-state index is 12.4. The van der Waals surface area contributed by atoms with E-state index in [1.807, 2.05) is 19.1 Å². The van der Waals surface area contributed by atoms with Crippen molar-refractivity contribution in [3.63, 3.8) is 0 Å². The summed E-state index contributed by atoms with van der Waals surface area (Å²) >= 11 is 9.49. The lowest BCUT2D eigenvalue weighted by Gasteiger charge is -2.18. The molecule has 1 amide bonds. The minimum absolute atomic E-state index is 0.190. The molecule has 0 saturated heterocycles. The van der Waals surface area contributed by atoms with Crippen molar-refractivity contribution in [3.8, 4) is 0 Å². The normalized spacial score (nSPS) is 10.3. The summed E-state index contributed by atoms with van der Waals surface area (Å²) in [6.07, 6.45) is 1.64. The van der Waals surface area contributed by atoms with E-state index in [0.717, 1.165) is 10.0 Å². The molecule has 0 unspecified atom stereocenters. The summed E-state index contributed by atoms with van der Waals surface area (Å²) < 4.78 is 0.758. The first-order valence-electron chi connectivity index (χ1n) is 5.65. The van der Waals surface area contributed by atoms with E-state index in [1.165, 1.54) is 4.90 Å². The molecule has 0 atom stereocenters. The highest BCUT2D eigenvalue weighted by atomic mass is 79.9. The minimum Gasteiger partial charge on any atom is -0.295 e. The lowest BCUT2D eigenvalue weighted by molar-refractivity contribution is 0.0992. The lowest BCUT2D eigenvalue weighted by Crippen LogP contribution is -2.27. The summed E-state index contributed by atoms with van der Waals surface area (Å²) in [5.41, 5.74) is 1.48. The Morgan fingerprint density at radius 1 is 1.37 bits per heavy atom. The number of aromatic nitrogens is 1. The van der Waals surface area contributed by atoms with Crippen LogP contribution in [0.5, 0.6) is 0 Å². The molecule has 1 heterocycles.